The molecule has 0 spiro atoms. The lowest BCUT2D eigenvalue weighted by molar-refractivity contribution is -0.122. The fourth-order valence-corrected chi connectivity index (χ4v) is 4.98. The Kier molecular flexibility index (Phi) is 9.78. The molecule has 1 aromatic rings. The molecule has 1 aliphatic rings. The van der Waals surface area contributed by atoms with E-state index in [1.807, 2.05) is 17.0 Å². The molecule has 1 aliphatic carbocycles. The van der Waals surface area contributed by atoms with Gasteiger partial charge in [0.15, 0.2) is 0 Å². The second-order valence-electron chi connectivity index (χ2n) is 7.65. The number of aliphatic hydroxyl groups is 6. The van der Waals surface area contributed by atoms with Gasteiger partial charge in [-0.1, -0.05) is 15.9 Å². The van der Waals surface area contributed by atoms with Crippen LogP contribution in [0, 0.1) is 0 Å². The Hall–Kier alpha value is -0.300. The van der Waals surface area contributed by atoms with E-state index < -0.39 is 31.0 Å². The van der Waals surface area contributed by atoms with Crippen LogP contribution in [0.15, 0.2) is 21.1 Å². The van der Waals surface area contributed by atoms with Crippen molar-refractivity contribution >= 4 is 37.5 Å². The van der Waals surface area contributed by atoms with Crippen LogP contribution in [0.1, 0.15) is 31.2 Å². The summed E-state index contributed by atoms with van der Waals surface area (Å²) in [6.07, 6.45) is -3.80. The van der Waals surface area contributed by atoms with Crippen molar-refractivity contribution in [1.82, 2.24) is 4.90 Å². The molecule has 0 heterocycles. The number of anilines is 1. The van der Waals surface area contributed by atoms with Crippen molar-refractivity contribution in [2.75, 3.05) is 18.9 Å². The molecule has 4 atom stereocenters. The average Bonchev–Trinajstić information content (AvgIpc) is 2.69. The van der Waals surface area contributed by atoms with Crippen molar-refractivity contribution in [3.63, 3.8) is 0 Å². The van der Waals surface area contributed by atoms with Gasteiger partial charge in [0.25, 0.3) is 0 Å². The maximum Gasteiger partial charge on any atom is 0.111 e. The van der Waals surface area contributed by atoms with E-state index in [0.29, 0.717) is 25.1 Å². The van der Waals surface area contributed by atoms with Gasteiger partial charge in [-0.25, -0.2) is 0 Å². The molecule has 1 fully saturated rings. The molecule has 0 radical (unpaired) electrons. The highest BCUT2D eigenvalue weighted by molar-refractivity contribution is 9.11. The topological polar surface area (TPSA) is 151 Å². The first-order valence-electron chi connectivity index (χ1n) is 9.62. The first kappa shape index (κ1) is 25.0. The fraction of sp³-hybridized carbons (Fsp3) is 0.684. The largest absolute Gasteiger partial charge is 0.398 e. The lowest BCUT2D eigenvalue weighted by Gasteiger charge is -2.38. The number of aliphatic hydroxyl groups excluding tert-OH is 6. The summed E-state index contributed by atoms with van der Waals surface area (Å²) in [5, 5.41) is 59.0. The van der Waals surface area contributed by atoms with Crippen LogP contribution in [0.4, 0.5) is 5.69 Å². The van der Waals surface area contributed by atoms with E-state index in [2.05, 4.69) is 31.9 Å². The third-order valence-corrected chi connectivity index (χ3v) is 6.60. The van der Waals surface area contributed by atoms with Crippen molar-refractivity contribution in [1.29, 1.82) is 0 Å². The SMILES string of the molecule is Nc1c(Br)cc(Br)cc1CN(CC(O)C(O)C(O)C(O)CO)C1CCC(O)CC1. The predicted octanol–water partition coefficient (Wildman–Crippen LogP) is 0.335. The molecule has 0 amide bonds. The van der Waals surface area contributed by atoms with Gasteiger partial charge in [0.1, 0.15) is 18.3 Å². The highest BCUT2D eigenvalue weighted by atomic mass is 79.9. The van der Waals surface area contributed by atoms with E-state index in [-0.39, 0.29) is 18.7 Å². The number of hydrogen-bond acceptors (Lipinski definition) is 8. The Balaban J connectivity index is 2.19. The Morgan fingerprint density at radius 3 is 2.17 bits per heavy atom. The molecule has 8 nitrogen and oxygen atoms in total. The van der Waals surface area contributed by atoms with Crippen LogP contribution in [-0.4, -0.2) is 85.3 Å². The number of nitrogen functional groups attached to an aromatic ring is 1. The minimum Gasteiger partial charge on any atom is -0.398 e. The second-order valence-corrected chi connectivity index (χ2v) is 9.42. The van der Waals surface area contributed by atoms with E-state index in [0.717, 1.165) is 27.4 Å². The summed E-state index contributed by atoms with van der Waals surface area (Å²) < 4.78 is 1.58. The highest BCUT2D eigenvalue weighted by Crippen LogP contribution is 2.31. The van der Waals surface area contributed by atoms with Crippen LogP contribution in [0.25, 0.3) is 0 Å². The van der Waals surface area contributed by atoms with Crippen LogP contribution >= 0.6 is 31.9 Å². The predicted molar refractivity (Wildman–Crippen MR) is 116 cm³/mol. The molecule has 0 aliphatic heterocycles. The van der Waals surface area contributed by atoms with E-state index in [1.165, 1.54) is 0 Å². The zero-order valence-corrected chi connectivity index (χ0v) is 19.2. The normalized spacial score (nSPS) is 24.3. The van der Waals surface area contributed by atoms with Crippen molar-refractivity contribution in [2.24, 2.45) is 0 Å². The number of rotatable bonds is 9. The molecular formula is C19H30Br2N2O6. The van der Waals surface area contributed by atoms with Gasteiger partial charge in [-0.05, 0) is 59.3 Å². The zero-order chi connectivity index (χ0) is 21.7. The minimum atomic E-state index is -1.67. The summed E-state index contributed by atoms with van der Waals surface area (Å²) in [6.45, 7) is -0.300. The molecule has 29 heavy (non-hydrogen) atoms. The molecule has 2 rings (SSSR count). The standard InChI is InChI=1S/C19H30Br2N2O6/c20-11-5-10(17(22)14(21)6-11)7-23(12-1-3-13(25)4-2-12)8-15(26)18(28)19(29)16(27)9-24/h5-6,12-13,15-16,18-19,24-29H,1-4,7-9,22H2. The zero-order valence-electron chi connectivity index (χ0n) is 16.0. The lowest BCUT2D eigenvalue weighted by Crippen LogP contribution is -2.51. The summed E-state index contributed by atoms with van der Waals surface area (Å²) in [6, 6.07) is 3.78. The van der Waals surface area contributed by atoms with Crippen molar-refractivity contribution in [2.45, 2.75) is 68.8 Å². The molecular weight excluding hydrogens is 512 g/mol. The minimum absolute atomic E-state index is 0.0285. The Morgan fingerprint density at radius 1 is 1.00 bits per heavy atom. The number of hydrogen-bond donors (Lipinski definition) is 7. The highest BCUT2D eigenvalue weighted by Gasteiger charge is 2.33. The quantitative estimate of drug-likeness (QED) is 0.221. The molecule has 1 saturated carbocycles. The average molecular weight is 542 g/mol. The first-order valence-corrected chi connectivity index (χ1v) is 11.2. The maximum atomic E-state index is 10.5. The van der Waals surface area contributed by atoms with Crippen molar-refractivity contribution in [3.8, 4) is 0 Å². The maximum absolute atomic E-state index is 10.5. The molecule has 0 aromatic heterocycles. The lowest BCUT2D eigenvalue weighted by atomic mass is 9.91. The van der Waals surface area contributed by atoms with Crippen molar-refractivity contribution in [3.05, 3.63) is 26.6 Å². The van der Waals surface area contributed by atoms with Gasteiger partial charge in [-0.15, -0.1) is 0 Å². The van der Waals surface area contributed by atoms with Crippen molar-refractivity contribution < 1.29 is 30.6 Å². The molecule has 166 valence electrons. The van der Waals surface area contributed by atoms with E-state index >= 15 is 0 Å². The number of benzene rings is 1. The molecule has 0 saturated heterocycles. The van der Waals surface area contributed by atoms with Gasteiger partial charge in [-0.2, -0.15) is 0 Å². The molecule has 0 bridgehead atoms. The fourth-order valence-electron chi connectivity index (χ4n) is 3.67. The van der Waals surface area contributed by atoms with Crippen LogP contribution in [-0.2, 0) is 6.54 Å². The summed E-state index contributed by atoms with van der Waals surface area (Å²) in [4.78, 5) is 1.97. The van der Waals surface area contributed by atoms with Gasteiger partial charge in [-0.3, -0.25) is 4.90 Å². The van der Waals surface area contributed by atoms with Gasteiger partial charge in [0.05, 0.1) is 24.5 Å². The van der Waals surface area contributed by atoms with Gasteiger partial charge in [0, 0.05) is 28.1 Å². The van der Waals surface area contributed by atoms with Gasteiger partial charge < -0.3 is 36.4 Å². The molecule has 8 N–H and O–H groups in total. The Labute approximate surface area is 187 Å². The van der Waals surface area contributed by atoms with Crippen LogP contribution < -0.4 is 5.73 Å². The van der Waals surface area contributed by atoms with Crippen LogP contribution in [0.3, 0.4) is 0 Å². The summed E-state index contributed by atoms with van der Waals surface area (Å²) in [5.74, 6) is 0. The monoisotopic (exact) mass is 540 g/mol. The number of halogens is 2. The molecule has 10 heteroatoms. The van der Waals surface area contributed by atoms with E-state index in [1.54, 1.807) is 0 Å². The summed E-state index contributed by atoms with van der Waals surface area (Å²) >= 11 is 6.87. The molecule has 1 aromatic carbocycles. The molecule has 4 unspecified atom stereocenters. The van der Waals surface area contributed by atoms with Gasteiger partial charge in [0.2, 0.25) is 0 Å². The summed E-state index contributed by atoms with van der Waals surface area (Å²) in [7, 11) is 0. The van der Waals surface area contributed by atoms with Crippen LogP contribution in [0.5, 0.6) is 0 Å². The number of nitrogens with zero attached hydrogens (tertiary/aromatic N) is 1. The Bertz CT molecular complexity index is 660. The third-order valence-electron chi connectivity index (χ3n) is 5.48. The summed E-state index contributed by atoms with van der Waals surface area (Å²) in [5.41, 5.74) is 7.60. The van der Waals surface area contributed by atoms with E-state index in [9.17, 15) is 25.5 Å². The second kappa shape index (κ2) is 11.4. The van der Waals surface area contributed by atoms with Crippen LogP contribution in [0.2, 0.25) is 0 Å². The van der Waals surface area contributed by atoms with E-state index in [4.69, 9.17) is 10.8 Å². The first-order chi connectivity index (χ1) is 13.6. The smallest absolute Gasteiger partial charge is 0.111 e. The third kappa shape index (κ3) is 6.84. The number of nitrogens with two attached hydrogens (primary N) is 1. The Morgan fingerprint density at radius 2 is 1.59 bits per heavy atom. The van der Waals surface area contributed by atoms with Gasteiger partial charge >= 0.3 is 0 Å².